The Bertz CT molecular complexity index is 1210. The number of hydrogen-bond acceptors (Lipinski definition) is 7. The molecule has 0 saturated carbocycles. The van der Waals surface area contributed by atoms with Crippen LogP contribution in [0.15, 0.2) is 48.5 Å². The van der Waals surface area contributed by atoms with Gasteiger partial charge in [0.25, 0.3) is 0 Å². The number of carbonyl (C=O) groups excluding carboxylic acids is 5. The fourth-order valence-corrected chi connectivity index (χ4v) is 4.71. The molecule has 2 aromatic rings. The van der Waals surface area contributed by atoms with Crippen LogP contribution in [-0.4, -0.2) is 40.4 Å². The van der Waals surface area contributed by atoms with Crippen molar-refractivity contribution in [3.05, 3.63) is 65.2 Å². The van der Waals surface area contributed by atoms with Gasteiger partial charge >= 0.3 is 0 Å². The monoisotopic (exact) mass is 580 g/mol. The van der Waals surface area contributed by atoms with Gasteiger partial charge < -0.3 is 32.0 Å². The number of Topliss-reactive ketones (excluding diaryl/α,β-unsaturated/α-hetero) is 2. The van der Waals surface area contributed by atoms with Gasteiger partial charge in [0, 0.05) is 44.2 Å². The summed E-state index contributed by atoms with van der Waals surface area (Å²) in [6, 6.07) is 13.0. The molecule has 0 aliphatic heterocycles. The van der Waals surface area contributed by atoms with Gasteiger partial charge in [0.05, 0.1) is 6.04 Å². The van der Waals surface area contributed by atoms with Crippen molar-refractivity contribution in [1.82, 2.24) is 10.6 Å². The Kier molecular flexibility index (Phi) is 13.9. The van der Waals surface area contributed by atoms with E-state index < -0.39 is 29.7 Å². The molecule has 0 saturated heterocycles. The molecule has 0 radical (unpaired) electrons. The fraction of sp³-hybridized carbons (Fsp3) is 0.469. The quantitative estimate of drug-likeness (QED) is 0.180. The summed E-state index contributed by atoms with van der Waals surface area (Å²) < 4.78 is 0. The average Bonchev–Trinajstić information content (AvgIpc) is 2.96. The lowest BCUT2D eigenvalue weighted by atomic mass is 9.86. The SMILES string of the molecule is CCC(C)[C@H](NC(=O)[C@@H](CC(C)=O)Cc1ccc(O)cc1)C(=O)C[C@@H](CCC(N)=O)C(=O)NCc1ccc(CN)cc1. The van der Waals surface area contributed by atoms with Crippen LogP contribution >= 0.6 is 0 Å². The smallest absolute Gasteiger partial charge is 0.224 e. The Labute approximate surface area is 247 Å². The van der Waals surface area contributed by atoms with Gasteiger partial charge in [-0.3, -0.25) is 19.2 Å². The largest absolute Gasteiger partial charge is 0.508 e. The number of benzene rings is 2. The first-order valence-electron chi connectivity index (χ1n) is 14.4. The Morgan fingerprint density at radius 2 is 1.45 bits per heavy atom. The maximum absolute atomic E-state index is 13.6. The minimum absolute atomic E-state index is 0.00989. The van der Waals surface area contributed by atoms with Crippen LogP contribution in [0, 0.1) is 17.8 Å². The van der Waals surface area contributed by atoms with Crippen molar-refractivity contribution in [3.8, 4) is 5.75 Å². The Morgan fingerprint density at radius 3 is 2.00 bits per heavy atom. The van der Waals surface area contributed by atoms with Gasteiger partial charge in [-0.2, -0.15) is 0 Å². The van der Waals surface area contributed by atoms with Crippen LogP contribution < -0.4 is 22.1 Å². The molecule has 2 rings (SSSR count). The standard InChI is InChI=1S/C32H44N4O6/c1-4-20(2)30(36-32(42)26(15-21(3)37)16-22-9-12-27(38)13-10-22)28(39)17-25(11-14-29(34)40)31(41)35-19-24-7-5-23(18-33)6-8-24/h5-10,12-13,20,25-26,30,38H,4,11,14-19,33H2,1-3H3,(H2,34,40)(H,35,41)(H,36,42)/t20?,25-,26+,30+/m1/s1. The summed E-state index contributed by atoms with van der Waals surface area (Å²) in [5.74, 6) is -3.58. The predicted molar refractivity (Wildman–Crippen MR) is 160 cm³/mol. The van der Waals surface area contributed by atoms with Gasteiger partial charge in [-0.15, -0.1) is 0 Å². The summed E-state index contributed by atoms with van der Waals surface area (Å²) in [6.45, 7) is 5.79. The van der Waals surface area contributed by atoms with Crippen LogP contribution in [-0.2, 0) is 43.5 Å². The Hall–Kier alpha value is -4.05. The predicted octanol–water partition coefficient (Wildman–Crippen LogP) is 2.68. The molecule has 0 spiro atoms. The molecule has 0 aliphatic carbocycles. The Morgan fingerprint density at radius 1 is 0.857 bits per heavy atom. The Balaban J connectivity index is 2.17. The van der Waals surface area contributed by atoms with E-state index in [-0.39, 0.29) is 67.8 Å². The second-order valence-electron chi connectivity index (χ2n) is 11.0. The highest BCUT2D eigenvalue weighted by atomic mass is 16.3. The second kappa shape index (κ2) is 17.0. The van der Waals surface area contributed by atoms with E-state index >= 15 is 0 Å². The molecular weight excluding hydrogens is 536 g/mol. The number of aromatic hydroxyl groups is 1. The molecule has 228 valence electrons. The van der Waals surface area contributed by atoms with Crippen LogP contribution in [0.25, 0.3) is 0 Å². The minimum Gasteiger partial charge on any atom is -0.508 e. The summed E-state index contributed by atoms with van der Waals surface area (Å²) in [5.41, 5.74) is 13.6. The number of hydrogen-bond donors (Lipinski definition) is 5. The molecule has 0 heterocycles. The highest BCUT2D eigenvalue weighted by molar-refractivity contribution is 5.94. The van der Waals surface area contributed by atoms with Gasteiger partial charge in [0.1, 0.15) is 11.5 Å². The maximum atomic E-state index is 13.6. The van der Waals surface area contributed by atoms with Crippen LogP contribution in [0.1, 0.15) is 69.6 Å². The summed E-state index contributed by atoms with van der Waals surface area (Å²) in [7, 11) is 0. The summed E-state index contributed by atoms with van der Waals surface area (Å²) in [4.78, 5) is 63.7. The summed E-state index contributed by atoms with van der Waals surface area (Å²) in [5, 5.41) is 15.3. The van der Waals surface area contributed by atoms with E-state index in [1.54, 1.807) is 12.1 Å². The topological polar surface area (TPSA) is 182 Å². The number of nitrogens with two attached hydrogens (primary N) is 2. The summed E-state index contributed by atoms with van der Waals surface area (Å²) >= 11 is 0. The lowest BCUT2D eigenvalue weighted by molar-refractivity contribution is -0.135. The lowest BCUT2D eigenvalue weighted by Crippen LogP contribution is -2.49. The molecule has 3 amide bonds. The fourth-order valence-electron chi connectivity index (χ4n) is 4.71. The van der Waals surface area contributed by atoms with E-state index in [2.05, 4.69) is 10.6 Å². The number of phenols is 1. The van der Waals surface area contributed by atoms with Crippen LogP contribution in [0.5, 0.6) is 5.75 Å². The zero-order valence-corrected chi connectivity index (χ0v) is 24.7. The van der Waals surface area contributed by atoms with E-state index in [4.69, 9.17) is 11.5 Å². The van der Waals surface area contributed by atoms with Crippen molar-refractivity contribution in [2.45, 2.75) is 78.4 Å². The zero-order valence-electron chi connectivity index (χ0n) is 24.7. The van der Waals surface area contributed by atoms with Crippen molar-refractivity contribution >= 4 is 29.3 Å². The van der Waals surface area contributed by atoms with Crippen LogP contribution in [0.2, 0.25) is 0 Å². The van der Waals surface area contributed by atoms with Crippen molar-refractivity contribution in [3.63, 3.8) is 0 Å². The highest BCUT2D eigenvalue weighted by Gasteiger charge is 2.32. The molecule has 0 bridgehead atoms. The normalized spacial score (nSPS) is 13.8. The maximum Gasteiger partial charge on any atom is 0.224 e. The lowest BCUT2D eigenvalue weighted by Gasteiger charge is -2.27. The third-order valence-corrected chi connectivity index (χ3v) is 7.46. The van der Waals surface area contributed by atoms with Crippen molar-refractivity contribution in [1.29, 1.82) is 0 Å². The number of primary amides is 1. The first-order valence-corrected chi connectivity index (χ1v) is 14.4. The van der Waals surface area contributed by atoms with Gasteiger partial charge in [-0.25, -0.2) is 0 Å². The molecular formula is C32H44N4O6. The molecule has 10 nitrogen and oxygen atoms in total. The van der Waals surface area contributed by atoms with Crippen molar-refractivity contribution in [2.75, 3.05) is 0 Å². The van der Waals surface area contributed by atoms with Gasteiger partial charge in [-0.05, 0) is 54.5 Å². The molecule has 4 atom stereocenters. The number of amides is 3. The summed E-state index contributed by atoms with van der Waals surface area (Å²) in [6.07, 6.45) is 0.671. The number of ketones is 2. The molecule has 1 unspecified atom stereocenters. The van der Waals surface area contributed by atoms with E-state index in [0.29, 0.717) is 13.0 Å². The van der Waals surface area contributed by atoms with Crippen molar-refractivity contribution < 1.29 is 29.1 Å². The first-order chi connectivity index (χ1) is 19.9. The first kappa shape index (κ1) is 34.2. The minimum atomic E-state index is -0.885. The molecule has 7 N–H and O–H groups in total. The van der Waals surface area contributed by atoms with Crippen LogP contribution in [0.4, 0.5) is 0 Å². The number of phenolic OH excluding ortho intramolecular Hbond substituents is 1. The third-order valence-electron chi connectivity index (χ3n) is 7.46. The number of rotatable bonds is 18. The third kappa shape index (κ3) is 11.4. The number of carbonyl (C=O) groups is 5. The van der Waals surface area contributed by atoms with E-state index in [0.717, 1.165) is 16.7 Å². The van der Waals surface area contributed by atoms with Gasteiger partial charge in [0.2, 0.25) is 17.7 Å². The average molecular weight is 581 g/mol. The van der Waals surface area contributed by atoms with Gasteiger partial charge in [-0.1, -0.05) is 56.7 Å². The number of nitrogens with one attached hydrogen (secondary N) is 2. The highest BCUT2D eigenvalue weighted by Crippen LogP contribution is 2.21. The van der Waals surface area contributed by atoms with E-state index in [1.807, 2.05) is 38.1 Å². The molecule has 0 aromatic heterocycles. The van der Waals surface area contributed by atoms with E-state index in [9.17, 15) is 29.1 Å². The molecule has 0 aliphatic rings. The van der Waals surface area contributed by atoms with Crippen molar-refractivity contribution in [2.24, 2.45) is 29.2 Å². The molecule has 10 heteroatoms. The molecule has 0 fully saturated rings. The van der Waals surface area contributed by atoms with Gasteiger partial charge in [0.15, 0.2) is 5.78 Å². The zero-order chi connectivity index (χ0) is 31.2. The molecule has 2 aromatic carbocycles. The van der Waals surface area contributed by atoms with E-state index in [1.165, 1.54) is 19.1 Å². The molecule has 42 heavy (non-hydrogen) atoms. The van der Waals surface area contributed by atoms with Crippen LogP contribution in [0.3, 0.4) is 0 Å². The second-order valence-corrected chi connectivity index (χ2v) is 11.0.